The van der Waals surface area contributed by atoms with E-state index in [9.17, 15) is 0 Å². The van der Waals surface area contributed by atoms with Gasteiger partial charge in [-0.1, -0.05) is 23.8 Å². The molecule has 1 nitrogen and oxygen atoms in total. The van der Waals surface area contributed by atoms with Crippen LogP contribution in [0.2, 0.25) is 0 Å². The predicted octanol–water partition coefficient (Wildman–Crippen LogP) is 3.30. The summed E-state index contributed by atoms with van der Waals surface area (Å²) in [4.78, 5) is 4.40. The molecule has 0 aromatic rings. The van der Waals surface area contributed by atoms with Crippen molar-refractivity contribution in [2.45, 2.75) is 32.2 Å². The Morgan fingerprint density at radius 2 is 2.46 bits per heavy atom. The molecule has 1 aliphatic rings. The molecule has 1 heteroatoms. The fourth-order valence-corrected chi connectivity index (χ4v) is 1.35. The van der Waals surface area contributed by atoms with Crippen molar-refractivity contribution < 1.29 is 0 Å². The highest BCUT2D eigenvalue weighted by molar-refractivity contribution is 5.72. The number of rotatable bonds is 4. The van der Waals surface area contributed by atoms with Crippen LogP contribution in [0.15, 0.2) is 41.4 Å². The van der Waals surface area contributed by atoms with Gasteiger partial charge in [-0.15, -0.1) is 6.58 Å². The first-order valence-corrected chi connectivity index (χ1v) is 4.80. The highest BCUT2D eigenvalue weighted by atomic mass is 14.8. The average Bonchev–Trinajstić information content (AvgIpc) is 2.19. The van der Waals surface area contributed by atoms with Crippen molar-refractivity contribution in [1.29, 1.82) is 0 Å². The summed E-state index contributed by atoms with van der Waals surface area (Å²) in [5.74, 6) is 0. The Labute approximate surface area is 80.6 Å². The van der Waals surface area contributed by atoms with Gasteiger partial charge < -0.3 is 0 Å². The van der Waals surface area contributed by atoms with Crippen LogP contribution < -0.4 is 0 Å². The van der Waals surface area contributed by atoms with Gasteiger partial charge in [0.05, 0.1) is 6.04 Å². The fourth-order valence-electron chi connectivity index (χ4n) is 1.35. The van der Waals surface area contributed by atoms with Gasteiger partial charge in [0.1, 0.15) is 0 Å². The lowest BCUT2D eigenvalue weighted by Crippen LogP contribution is -2.07. The minimum absolute atomic E-state index is 0.384. The standard InChI is InChI=1S/C12H17N/c1-3-4-5-8-11(2)12-9-6-7-10-13-12/h3,6-8,10,12H,1,4-5,9H2,2H3/b11-8+. The summed E-state index contributed by atoms with van der Waals surface area (Å²) in [6.45, 7) is 5.86. The van der Waals surface area contributed by atoms with Crippen molar-refractivity contribution in [2.75, 3.05) is 0 Å². The van der Waals surface area contributed by atoms with Gasteiger partial charge in [0.15, 0.2) is 0 Å². The summed E-state index contributed by atoms with van der Waals surface area (Å²) in [6.07, 6.45) is 13.5. The Morgan fingerprint density at radius 1 is 1.62 bits per heavy atom. The van der Waals surface area contributed by atoms with Crippen molar-refractivity contribution >= 4 is 6.21 Å². The highest BCUT2D eigenvalue weighted by Gasteiger charge is 2.07. The Morgan fingerprint density at radius 3 is 3.08 bits per heavy atom. The van der Waals surface area contributed by atoms with Gasteiger partial charge in [0, 0.05) is 6.21 Å². The van der Waals surface area contributed by atoms with Crippen molar-refractivity contribution in [3.63, 3.8) is 0 Å². The van der Waals surface area contributed by atoms with Crippen molar-refractivity contribution in [2.24, 2.45) is 4.99 Å². The topological polar surface area (TPSA) is 12.4 Å². The zero-order valence-electron chi connectivity index (χ0n) is 8.24. The first-order chi connectivity index (χ1) is 6.34. The highest BCUT2D eigenvalue weighted by Crippen LogP contribution is 2.14. The summed E-state index contributed by atoms with van der Waals surface area (Å²) in [7, 11) is 0. The number of aliphatic imine (C=N–C) groups is 1. The van der Waals surface area contributed by atoms with Crippen LogP contribution in [0.3, 0.4) is 0 Å². The third kappa shape index (κ3) is 3.41. The monoisotopic (exact) mass is 175 g/mol. The van der Waals surface area contributed by atoms with E-state index in [1.807, 2.05) is 18.4 Å². The van der Waals surface area contributed by atoms with E-state index in [0.717, 1.165) is 19.3 Å². The molecule has 0 aromatic heterocycles. The van der Waals surface area contributed by atoms with Gasteiger partial charge in [0.2, 0.25) is 0 Å². The van der Waals surface area contributed by atoms with Crippen molar-refractivity contribution in [3.05, 3.63) is 36.5 Å². The van der Waals surface area contributed by atoms with E-state index in [4.69, 9.17) is 0 Å². The third-order valence-electron chi connectivity index (χ3n) is 2.21. The lowest BCUT2D eigenvalue weighted by atomic mass is 10.0. The summed E-state index contributed by atoms with van der Waals surface area (Å²) in [5, 5.41) is 0. The van der Waals surface area contributed by atoms with Crippen LogP contribution in [0.4, 0.5) is 0 Å². The summed E-state index contributed by atoms with van der Waals surface area (Å²) in [6, 6.07) is 0.384. The van der Waals surface area contributed by atoms with Crippen LogP contribution >= 0.6 is 0 Å². The maximum absolute atomic E-state index is 4.40. The van der Waals surface area contributed by atoms with Gasteiger partial charge in [0.25, 0.3) is 0 Å². The molecule has 0 spiro atoms. The second kappa shape index (κ2) is 5.52. The summed E-state index contributed by atoms with van der Waals surface area (Å²) in [5.41, 5.74) is 1.38. The average molecular weight is 175 g/mol. The van der Waals surface area contributed by atoms with Gasteiger partial charge >= 0.3 is 0 Å². The van der Waals surface area contributed by atoms with E-state index in [0.29, 0.717) is 6.04 Å². The van der Waals surface area contributed by atoms with E-state index in [1.54, 1.807) is 0 Å². The Bertz CT molecular complexity index is 246. The first-order valence-electron chi connectivity index (χ1n) is 4.80. The molecule has 0 amide bonds. The van der Waals surface area contributed by atoms with Gasteiger partial charge in [-0.05, 0) is 32.3 Å². The van der Waals surface area contributed by atoms with Crippen LogP contribution in [0, 0.1) is 0 Å². The molecule has 0 aromatic carbocycles. The van der Waals surface area contributed by atoms with E-state index < -0.39 is 0 Å². The van der Waals surface area contributed by atoms with Crippen LogP contribution in [0.25, 0.3) is 0 Å². The fraction of sp³-hybridized carbons (Fsp3) is 0.417. The third-order valence-corrected chi connectivity index (χ3v) is 2.21. The molecular weight excluding hydrogens is 158 g/mol. The van der Waals surface area contributed by atoms with Gasteiger partial charge in [-0.2, -0.15) is 0 Å². The van der Waals surface area contributed by atoms with Crippen LogP contribution in [-0.2, 0) is 0 Å². The molecule has 0 fully saturated rings. The summed E-state index contributed by atoms with van der Waals surface area (Å²) < 4.78 is 0. The maximum Gasteiger partial charge on any atom is 0.0740 e. The molecule has 70 valence electrons. The number of dihydropyridines is 1. The Hall–Kier alpha value is -1.11. The zero-order chi connectivity index (χ0) is 9.52. The van der Waals surface area contributed by atoms with E-state index in [-0.39, 0.29) is 0 Å². The van der Waals surface area contributed by atoms with E-state index >= 15 is 0 Å². The molecule has 0 bridgehead atoms. The normalized spacial score (nSPS) is 21.9. The van der Waals surface area contributed by atoms with Crippen LogP contribution in [-0.4, -0.2) is 12.3 Å². The molecule has 0 N–H and O–H groups in total. The summed E-state index contributed by atoms with van der Waals surface area (Å²) >= 11 is 0. The maximum atomic E-state index is 4.40. The van der Waals surface area contributed by atoms with Crippen LogP contribution in [0.5, 0.6) is 0 Å². The second-order valence-corrected chi connectivity index (χ2v) is 3.29. The Kier molecular flexibility index (Phi) is 4.24. The molecular formula is C12H17N. The molecule has 1 atom stereocenters. The van der Waals surface area contributed by atoms with Crippen LogP contribution in [0.1, 0.15) is 26.2 Å². The molecule has 1 heterocycles. The molecule has 1 unspecified atom stereocenters. The number of allylic oxidation sites excluding steroid dienone is 3. The second-order valence-electron chi connectivity index (χ2n) is 3.29. The predicted molar refractivity (Wildman–Crippen MR) is 59.2 cm³/mol. The number of hydrogen-bond donors (Lipinski definition) is 0. The van der Waals surface area contributed by atoms with E-state index in [1.165, 1.54) is 5.57 Å². The number of hydrogen-bond acceptors (Lipinski definition) is 1. The minimum Gasteiger partial charge on any atom is -0.285 e. The minimum atomic E-state index is 0.384. The molecule has 0 radical (unpaired) electrons. The molecule has 1 aliphatic heterocycles. The molecule has 0 saturated heterocycles. The van der Waals surface area contributed by atoms with Gasteiger partial charge in [-0.25, -0.2) is 0 Å². The first kappa shape index (κ1) is 9.97. The van der Waals surface area contributed by atoms with Crippen molar-refractivity contribution in [3.8, 4) is 0 Å². The van der Waals surface area contributed by atoms with Crippen molar-refractivity contribution in [1.82, 2.24) is 0 Å². The molecule has 0 saturated carbocycles. The largest absolute Gasteiger partial charge is 0.285 e. The molecule has 13 heavy (non-hydrogen) atoms. The lowest BCUT2D eigenvalue weighted by molar-refractivity contribution is 0.775. The van der Waals surface area contributed by atoms with E-state index in [2.05, 4.69) is 30.6 Å². The smallest absolute Gasteiger partial charge is 0.0740 e. The quantitative estimate of drug-likeness (QED) is 0.459. The zero-order valence-corrected chi connectivity index (χ0v) is 8.24. The van der Waals surface area contributed by atoms with Gasteiger partial charge in [-0.3, -0.25) is 4.99 Å². The number of nitrogens with zero attached hydrogens (tertiary/aromatic N) is 1. The number of unbranched alkanes of at least 4 members (excludes halogenated alkanes) is 1. The Balaban J connectivity index is 2.41. The SMILES string of the molecule is C=CCC/C=C(\C)C1CC=CC=N1. The molecule has 0 aliphatic carbocycles. The lowest BCUT2D eigenvalue weighted by Gasteiger charge is -2.12. The molecule has 1 rings (SSSR count).